The van der Waals surface area contributed by atoms with E-state index in [9.17, 15) is 4.79 Å². The Morgan fingerprint density at radius 1 is 1.03 bits per heavy atom. The van der Waals surface area contributed by atoms with Crippen molar-refractivity contribution in [3.63, 3.8) is 0 Å². The number of imidazole rings is 1. The van der Waals surface area contributed by atoms with Gasteiger partial charge in [0.25, 0.3) is 0 Å². The second-order valence-corrected chi connectivity index (χ2v) is 8.39. The highest BCUT2D eigenvalue weighted by atomic mass is 35.5. The van der Waals surface area contributed by atoms with Crippen LogP contribution in [0.25, 0.3) is 0 Å². The molecule has 2 heterocycles. The average molecular weight is 423 g/mol. The monoisotopic (exact) mass is 422 g/mol. The lowest BCUT2D eigenvalue weighted by molar-refractivity contribution is -0.126. The maximum absolute atomic E-state index is 12.7. The Bertz CT molecular complexity index is 948. The Balaban J connectivity index is 1.23. The van der Waals surface area contributed by atoms with Crippen molar-refractivity contribution >= 4 is 17.5 Å². The van der Waals surface area contributed by atoms with Crippen molar-refractivity contribution in [2.75, 3.05) is 13.1 Å². The zero-order chi connectivity index (χ0) is 20.8. The molecule has 156 valence electrons. The Morgan fingerprint density at radius 3 is 2.53 bits per heavy atom. The largest absolute Gasteiger partial charge is 0.352 e. The van der Waals surface area contributed by atoms with E-state index in [1.165, 1.54) is 11.1 Å². The summed E-state index contributed by atoms with van der Waals surface area (Å²) in [6.07, 6.45) is 7.35. The summed E-state index contributed by atoms with van der Waals surface area (Å²) in [5, 5.41) is 3.90. The quantitative estimate of drug-likeness (QED) is 0.623. The zero-order valence-corrected chi connectivity index (χ0v) is 17.8. The van der Waals surface area contributed by atoms with Gasteiger partial charge in [0.1, 0.15) is 0 Å². The molecule has 1 saturated heterocycles. The van der Waals surface area contributed by atoms with Gasteiger partial charge in [-0.3, -0.25) is 9.69 Å². The highest BCUT2D eigenvalue weighted by molar-refractivity contribution is 6.30. The molecule has 6 heteroatoms. The minimum atomic E-state index is 0.0978. The fourth-order valence-electron chi connectivity index (χ4n) is 3.96. The van der Waals surface area contributed by atoms with Gasteiger partial charge in [-0.25, -0.2) is 4.98 Å². The Labute approximate surface area is 182 Å². The molecule has 2 aromatic carbocycles. The number of nitrogens with one attached hydrogen (secondary N) is 1. The van der Waals surface area contributed by atoms with E-state index in [-0.39, 0.29) is 11.8 Å². The SMILES string of the molecule is O=C(NCc1cccc(Cn2ccnc2)c1)C1CCN(Cc2ccc(Cl)cc2)CC1. The van der Waals surface area contributed by atoms with Crippen molar-refractivity contribution in [3.8, 4) is 0 Å². The van der Waals surface area contributed by atoms with E-state index >= 15 is 0 Å². The van der Waals surface area contributed by atoms with Crippen molar-refractivity contribution in [2.24, 2.45) is 5.92 Å². The molecule has 1 fully saturated rings. The van der Waals surface area contributed by atoms with Crippen LogP contribution in [0.15, 0.2) is 67.3 Å². The number of likely N-dealkylation sites (tertiary alicyclic amines) is 1. The van der Waals surface area contributed by atoms with Crippen molar-refractivity contribution in [1.29, 1.82) is 0 Å². The summed E-state index contributed by atoms with van der Waals surface area (Å²) in [5.41, 5.74) is 3.59. The molecule has 0 atom stereocenters. The molecular weight excluding hydrogens is 396 g/mol. The number of amides is 1. The molecule has 1 aromatic heterocycles. The van der Waals surface area contributed by atoms with Crippen molar-refractivity contribution < 1.29 is 4.79 Å². The fraction of sp³-hybridized carbons (Fsp3) is 0.333. The van der Waals surface area contributed by atoms with Crippen LogP contribution in [0, 0.1) is 5.92 Å². The number of aromatic nitrogens is 2. The van der Waals surface area contributed by atoms with Gasteiger partial charge in [0.05, 0.1) is 6.33 Å². The molecule has 0 saturated carbocycles. The standard InChI is InChI=1S/C24H27ClN4O/c25-23-6-4-19(5-7-23)16-28-11-8-22(9-12-28)24(30)27-15-20-2-1-3-21(14-20)17-29-13-10-26-18-29/h1-7,10,13-14,18,22H,8-9,11-12,15-17H2,(H,27,30). The lowest BCUT2D eigenvalue weighted by Crippen LogP contribution is -2.40. The highest BCUT2D eigenvalue weighted by Crippen LogP contribution is 2.20. The predicted octanol–water partition coefficient (Wildman–Crippen LogP) is 4.11. The van der Waals surface area contributed by atoms with Crippen LogP contribution in [0.2, 0.25) is 5.02 Å². The lowest BCUT2D eigenvalue weighted by Gasteiger charge is -2.31. The molecule has 0 aliphatic carbocycles. The topological polar surface area (TPSA) is 50.2 Å². The average Bonchev–Trinajstić information content (AvgIpc) is 3.27. The first-order valence-electron chi connectivity index (χ1n) is 10.4. The van der Waals surface area contributed by atoms with Crippen LogP contribution in [-0.2, 0) is 24.4 Å². The molecule has 0 bridgehead atoms. The number of carbonyl (C=O) groups is 1. The number of hydrogen-bond donors (Lipinski definition) is 1. The van der Waals surface area contributed by atoms with Crippen LogP contribution in [0.3, 0.4) is 0 Å². The third-order valence-corrected chi connectivity index (χ3v) is 5.91. The number of benzene rings is 2. The molecular formula is C24H27ClN4O. The fourth-order valence-corrected chi connectivity index (χ4v) is 4.09. The molecule has 0 radical (unpaired) electrons. The minimum Gasteiger partial charge on any atom is -0.352 e. The normalized spacial score (nSPS) is 15.2. The van der Waals surface area contributed by atoms with Crippen LogP contribution >= 0.6 is 11.6 Å². The number of rotatable bonds is 7. The van der Waals surface area contributed by atoms with Crippen LogP contribution in [-0.4, -0.2) is 33.4 Å². The second kappa shape index (κ2) is 9.92. The van der Waals surface area contributed by atoms with Crippen LogP contribution in [0.1, 0.15) is 29.5 Å². The van der Waals surface area contributed by atoms with Gasteiger partial charge in [-0.05, 0) is 54.8 Å². The van der Waals surface area contributed by atoms with E-state index < -0.39 is 0 Å². The Kier molecular flexibility index (Phi) is 6.82. The number of hydrogen-bond acceptors (Lipinski definition) is 3. The Hall–Kier alpha value is -2.63. The van der Waals surface area contributed by atoms with E-state index in [0.29, 0.717) is 6.54 Å². The van der Waals surface area contributed by atoms with Crippen molar-refractivity contribution in [1.82, 2.24) is 19.8 Å². The van der Waals surface area contributed by atoms with Gasteiger partial charge in [-0.1, -0.05) is 48.0 Å². The molecule has 0 spiro atoms. The van der Waals surface area contributed by atoms with Crippen molar-refractivity contribution in [2.45, 2.75) is 32.5 Å². The second-order valence-electron chi connectivity index (χ2n) is 7.95. The van der Waals surface area contributed by atoms with Crippen LogP contribution in [0.5, 0.6) is 0 Å². The van der Waals surface area contributed by atoms with Gasteiger partial charge in [0, 0.05) is 43.0 Å². The number of carbonyl (C=O) groups excluding carboxylic acids is 1. The van der Waals surface area contributed by atoms with Gasteiger partial charge in [-0.15, -0.1) is 0 Å². The van der Waals surface area contributed by atoms with Gasteiger partial charge < -0.3 is 9.88 Å². The predicted molar refractivity (Wildman–Crippen MR) is 119 cm³/mol. The van der Waals surface area contributed by atoms with Gasteiger partial charge >= 0.3 is 0 Å². The first-order chi connectivity index (χ1) is 14.7. The third kappa shape index (κ3) is 5.71. The van der Waals surface area contributed by atoms with Gasteiger partial charge in [-0.2, -0.15) is 0 Å². The van der Waals surface area contributed by atoms with E-state index in [4.69, 9.17) is 11.6 Å². The summed E-state index contributed by atoms with van der Waals surface area (Å²) in [7, 11) is 0. The number of piperidine rings is 1. The summed E-state index contributed by atoms with van der Waals surface area (Å²) >= 11 is 5.96. The zero-order valence-electron chi connectivity index (χ0n) is 17.0. The smallest absolute Gasteiger partial charge is 0.223 e. The maximum atomic E-state index is 12.7. The lowest BCUT2D eigenvalue weighted by atomic mass is 9.95. The molecule has 4 rings (SSSR count). The van der Waals surface area contributed by atoms with Crippen molar-refractivity contribution in [3.05, 3.63) is 89.0 Å². The molecule has 3 aromatic rings. The highest BCUT2D eigenvalue weighted by Gasteiger charge is 2.24. The summed E-state index contributed by atoms with van der Waals surface area (Å²) in [4.78, 5) is 19.1. The Morgan fingerprint density at radius 2 is 1.80 bits per heavy atom. The summed E-state index contributed by atoms with van der Waals surface area (Å²) in [6.45, 7) is 4.16. The molecule has 0 unspecified atom stereocenters. The van der Waals surface area contributed by atoms with Crippen LogP contribution < -0.4 is 5.32 Å². The molecule has 5 nitrogen and oxygen atoms in total. The third-order valence-electron chi connectivity index (χ3n) is 5.66. The summed E-state index contributed by atoms with van der Waals surface area (Å²) in [6, 6.07) is 16.4. The van der Waals surface area contributed by atoms with E-state index in [2.05, 4.69) is 45.5 Å². The van der Waals surface area contributed by atoms with Gasteiger partial charge in [0.2, 0.25) is 5.91 Å². The van der Waals surface area contributed by atoms with E-state index in [1.807, 2.05) is 35.3 Å². The van der Waals surface area contributed by atoms with E-state index in [0.717, 1.165) is 49.6 Å². The number of halogens is 1. The van der Waals surface area contributed by atoms with E-state index in [1.54, 1.807) is 6.20 Å². The molecule has 1 amide bonds. The minimum absolute atomic E-state index is 0.0978. The first kappa shape index (κ1) is 20.6. The molecule has 1 N–H and O–H groups in total. The van der Waals surface area contributed by atoms with Gasteiger partial charge in [0.15, 0.2) is 0 Å². The van der Waals surface area contributed by atoms with Crippen LogP contribution in [0.4, 0.5) is 0 Å². The molecule has 30 heavy (non-hydrogen) atoms. The maximum Gasteiger partial charge on any atom is 0.223 e. The number of nitrogens with zero attached hydrogens (tertiary/aromatic N) is 3. The first-order valence-corrected chi connectivity index (χ1v) is 10.8. The molecule has 1 aliphatic rings. The molecule has 1 aliphatic heterocycles. The summed E-state index contributed by atoms with van der Waals surface area (Å²) < 4.78 is 2.04. The summed E-state index contributed by atoms with van der Waals surface area (Å²) in [5.74, 6) is 0.266.